The zero-order valence-corrected chi connectivity index (χ0v) is 17.7. The predicted molar refractivity (Wildman–Crippen MR) is 114 cm³/mol. The number of thioether (sulfide) groups is 1. The predicted octanol–water partition coefficient (Wildman–Crippen LogP) is 3.95. The molecule has 5 heteroatoms. The standard InChI is InChI=1S/C23H28N2O2S/c1-18(26)25-15-13-23(14-16-25,20-7-5-4-6-8-20)22(27)24(2)17-19-9-11-21(28-3)12-10-19/h4-12H,13-17H2,1-3H3. The molecule has 148 valence electrons. The summed E-state index contributed by atoms with van der Waals surface area (Å²) >= 11 is 1.71. The summed E-state index contributed by atoms with van der Waals surface area (Å²) < 4.78 is 0. The van der Waals surface area contributed by atoms with E-state index in [4.69, 9.17) is 0 Å². The molecule has 28 heavy (non-hydrogen) atoms. The Bertz CT molecular complexity index is 812. The van der Waals surface area contributed by atoms with Crippen molar-refractivity contribution in [3.63, 3.8) is 0 Å². The zero-order chi connectivity index (χ0) is 20.1. The second-order valence-corrected chi connectivity index (χ2v) is 8.34. The van der Waals surface area contributed by atoms with Gasteiger partial charge in [-0.3, -0.25) is 9.59 Å². The van der Waals surface area contributed by atoms with Gasteiger partial charge in [0.15, 0.2) is 0 Å². The molecule has 1 saturated heterocycles. The molecule has 2 amide bonds. The molecule has 0 spiro atoms. The van der Waals surface area contributed by atoms with Crippen LogP contribution in [0, 0.1) is 0 Å². The van der Waals surface area contributed by atoms with Crippen molar-refractivity contribution in [3.8, 4) is 0 Å². The number of carbonyl (C=O) groups excluding carboxylic acids is 2. The van der Waals surface area contributed by atoms with Gasteiger partial charge in [-0.2, -0.15) is 0 Å². The quantitative estimate of drug-likeness (QED) is 0.719. The number of rotatable bonds is 5. The summed E-state index contributed by atoms with van der Waals surface area (Å²) in [6.45, 7) is 3.42. The van der Waals surface area contributed by atoms with Gasteiger partial charge in [-0.05, 0) is 42.4 Å². The lowest BCUT2D eigenvalue weighted by Gasteiger charge is -2.42. The average Bonchev–Trinajstić information content (AvgIpc) is 2.74. The highest BCUT2D eigenvalue weighted by molar-refractivity contribution is 7.98. The Morgan fingerprint density at radius 3 is 2.18 bits per heavy atom. The smallest absolute Gasteiger partial charge is 0.233 e. The molecule has 2 aromatic rings. The molecule has 4 nitrogen and oxygen atoms in total. The first-order chi connectivity index (χ1) is 13.5. The number of carbonyl (C=O) groups is 2. The van der Waals surface area contributed by atoms with Gasteiger partial charge in [0, 0.05) is 38.5 Å². The molecule has 1 aliphatic rings. The number of hydrogen-bond donors (Lipinski definition) is 0. The minimum atomic E-state index is -0.568. The summed E-state index contributed by atoms with van der Waals surface area (Å²) in [5.74, 6) is 0.215. The molecule has 0 unspecified atom stereocenters. The van der Waals surface area contributed by atoms with Crippen molar-refractivity contribution in [2.24, 2.45) is 0 Å². The molecule has 1 heterocycles. The highest BCUT2D eigenvalue weighted by Crippen LogP contribution is 2.37. The van der Waals surface area contributed by atoms with Crippen LogP contribution in [0.1, 0.15) is 30.9 Å². The summed E-state index contributed by atoms with van der Waals surface area (Å²) in [4.78, 5) is 30.3. The lowest BCUT2D eigenvalue weighted by atomic mass is 9.71. The third kappa shape index (κ3) is 4.25. The van der Waals surface area contributed by atoms with Gasteiger partial charge in [0.25, 0.3) is 0 Å². The molecule has 1 aliphatic heterocycles. The third-order valence-corrected chi connectivity index (χ3v) is 6.47. The van der Waals surface area contributed by atoms with Crippen molar-refractivity contribution in [1.82, 2.24) is 9.80 Å². The lowest BCUT2D eigenvalue weighted by Crippen LogP contribution is -2.52. The third-order valence-electron chi connectivity index (χ3n) is 5.72. The number of hydrogen-bond acceptors (Lipinski definition) is 3. The van der Waals surface area contributed by atoms with Gasteiger partial charge in [-0.15, -0.1) is 11.8 Å². The largest absolute Gasteiger partial charge is 0.343 e. The first-order valence-corrected chi connectivity index (χ1v) is 10.9. The van der Waals surface area contributed by atoms with Crippen LogP contribution in [-0.4, -0.2) is 48.0 Å². The monoisotopic (exact) mass is 396 g/mol. The number of benzene rings is 2. The topological polar surface area (TPSA) is 40.6 Å². The molecule has 0 saturated carbocycles. The second kappa shape index (κ2) is 8.82. The fourth-order valence-electron chi connectivity index (χ4n) is 4.03. The molecule has 3 rings (SSSR count). The summed E-state index contributed by atoms with van der Waals surface area (Å²) in [6.07, 6.45) is 3.37. The molecule has 0 aromatic heterocycles. The number of likely N-dealkylation sites (N-methyl/N-ethyl adjacent to an activating group) is 1. The number of likely N-dealkylation sites (tertiary alicyclic amines) is 1. The maximum atomic E-state index is 13.6. The second-order valence-electron chi connectivity index (χ2n) is 7.46. The minimum absolute atomic E-state index is 0.0800. The van der Waals surface area contributed by atoms with Crippen LogP contribution in [-0.2, 0) is 21.5 Å². The SMILES string of the molecule is CSc1ccc(CN(C)C(=O)C2(c3ccccc3)CCN(C(C)=O)CC2)cc1. The van der Waals surface area contributed by atoms with Gasteiger partial charge in [0.05, 0.1) is 5.41 Å². The number of piperidine rings is 1. The molecule has 2 aromatic carbocycles. The highest BCUT2D eigenvalue weighted by Gasteiger charge is 2.44. The van der Waals surface area contributed by atoms with E-state index in [2.05, 4.69) is 30.5 Å². The van der Waals surface area contributed by atoms with Crippen molar-refractivity contribution in [2.75, 3.05) is 26.4 Å². The molecule has 0 aliphatic carbocycles. The Labute approximate surface area is 171 Å². The molecule has 0 radical (unpaired) electrons. The van der Waals surface area contributed by atoms with E-state index in [0.29, 0.717) is 32.5 Å². The van der Waals surface area contributed by atoms with Gasteiger partial charge in [-0.1, -0.05) is 42.5 Å². The van der Waals surface area contributed by atoms with E-state index in [-0.39, 0.29) is 11.8 Å². The van der Waals surface area contributed by atoms with Crippen molar-refractivity contribution in [2.45, 2.75) is 36.6 Å². The maximum Gasteiger partial charge on any atom is 0.233 e. The van der Waals surface area contributed by atoms with Crippen LogP contribution in [0.3, 0.4) is 0 Å². The van der Waals surface area contributed by atoms with Crippen LogP contribution in [0.25, 0.3) is 0 Å². The van der Waals surface area contributed by atoms with E-state index in [1.54, 1.807) is 18.7 Å². The highest BCUT2D eigenvalue weighted by atomic mass is 32.2. The number of amides is 2. The van der Waals surface area contributed by atoms with E-state index >= 15 is 0 Å². The average molecular weight is 397 g/mol. The summed E-state index contributed by atoms with van der Waals surface area (Å²) in [5, 5.41) is 0. The zero-order valence-electron chi connectivity index (χ0n) is 16.9. The first kappa shape index (κ1) is 20.5. The fraction of sp³-hybridized carbons (Fsp3) is 0.391. The van der Waals surface area contributed by atoms with E-state index in [1.807, 2.05) is 47.2 Å². The van der Waals surface area contributed by atoms with Crippen LogP contribution >= 0.6 is 11.8 Å². The maximum absolute atomic E-state index is 13.6. The first-order valence-electron chi connectivity index (χ1n) is 9.66. The molecule has 1 fully saturated rings. The van der Waals surface area contributed by atoms with Gasteiger partial charge in [-0.25, -0.2) is 0 Å². The normalized spacial score (nSPS) is 15.9. The van der Waals surface area contributed by atoms with E-state index in [9.17, 15) is 9.59 Å². The van der Waals surface area contributed by atoms with E-state index in [1.165, 1.54) is 4.90 Å². The Morgan fingerprint density at radius 2 is 1.64 bits per heavy atom. The summed E-state index contributed by atoms with van der Waals surface area (Å²) in [5.41, 5.74) is 1.60. The summed E-state index contributed by atoms with van der Waals surface area (Å²) in [6, 6.07) is 18.4. The number of nitrogens with zero attached hydrogens (tertiary/aromatic N) is 2. The Morgan fingerprint density at radius 1 is 1.04 bits per heavy atom. The summed E-state index contributed by atoms with van der Waals surface area (Å²) in [7, 11) is 1.88. The van der Waals surface area contributed by atoms with E-state index < -0.39 is 5.41 Å². The van der Waals surface area contributed by atoms with Crippen molar-refractivity contribution in [1.29, 1.82) is 0 Å². The molecule has 0 N–H and O–H groups in total. The van der Waals surface area contributed by atoms with Crippen molar-refractivity contribution < 1.29 is 9.59 Å². The Balaban J connectivity index is 1.83. The molecule has 0 bridgehead atoms. The van der Waals surface area contributed by atoms with Gasteiger partial charge < -0.3 is 9.80 Å². The van der Waals surface area contributed by atoms with E-state index in [0.717, 1.165) is 11.1 Å². The van der Waals surface area contributed by atoms with Gasteiger partial charge >= 0.3 is 0 Å². The van der Waals surface area contributed by atoms with Crippen LogP contribution in [0.4, 0.5) is 0 Å². The minimum Gasteiger partial charge on any atom is -0.343 e. The van der Waals surface area contributed by atoms with Gasteiger partial charge in [0.2, 0.25) is 11.8 Å². The van der Waals surface area contributed by atoms with Crippen LogP contribution in [0.5, 0.6) is 0 Å². The molecular weight excluding hydrogens is 368 g/mol. The van der Waals surface area contributed by atoms with Gasteiger partial charge in [0.1, 0.15) is 0 Å². The molecular formula is C23H28N2O2S. The van der Waals surface area contributed by atoms with Crippen LogP contribution in [0.2, 0.25) is 0 Å². The van der Waals surface area contributed by atoms with Crippen molar-refractivity contribution in [3.05, 3.63) is 65.7 Å². The van der Waals surface area contributed by atoms with Crippen LogP contribution in [0.15, 0.2) is 59.5 Å². The Kier molecular flexibility index (Phi) is 6.45. The van der Waals surface area contributed by atoms with Crippen molar-refractivity contribution >= 4 is 23.6 Å². The lowest BCUT2D eigenvalue weighted by molar-refractivity contribution is -0.141. The fourth-order valence-corrected chi connectivity index (χ4v) is 4.44. The molecule has 0 atom stereocenters. The van der Waals surface area contributed by atoms with Crippen LogP contribution < -0.4 is 0 Å². The Hall–Kier alpha value is -2.27.